The van der Waals surface area contributed by atoms with Crippen LogP contribution in [0.5, 0.6) is 0 Å². The molecule has 0 aromatic heterocycles. The Labute approximate surface area is 102 Å². The van der Waals surface area contributed by atoms with Crippen LogP contribution >= 0.6 is 12.4 Å². The Hall–Kier alpha value is -0.810. The third-order valence-electron chi connectivity index (χ3n) is 2.85. The minimum absolute atomic E-state index is 0. The summed E-state index contributed by atoms with van der Waals surface area (Å²) in [5.41, 5.74) is 4.94. The highest BCUT2D eigenvalue weighted by Crippen LogP contribution is 2.31. The molecule has 0 spiro atoms. The topological polar surface area (TPSA) is 72.6 Å². The maximum Gasteiger partial charge on any atom is 0.313 e. The average Bonchev–Trinajstić information content (AvgIpc) is 2.59. The Balaban J connectivity index is 0.00000225. The van der Waals surface area contributed by atoms with E-state index in [4.69, 9.17) is 10.5 Å². The van der Waals surface area contributed by atoms with E-state index in [1.54, 1.807) is 11.8 Å². The van der Waals surface area contributed by atoms with Crippen molar-refractivity contribution in [2.24, 2.45) is 11.1 Å². The number of methoxy groups -OCH3 is 1. The van der Waals surface area contributed by atoms with Crippen molar-refractivity contribution in [3.05, 3.63) is 0 Å². The summed E-state index contributed by atoms with van der Waals surface area (Å²) in [5.74, 6) is -0.370. The van der Waals surface area contributed by atoms with Gasteiger partial charge in [-0.25, -0.2) is 0 Å². The molecule has 6 heteroatoms. The Bertz CT molecular complexity index is 283. The van der Waals surface area contributed by atoms with Gasteiger partial charge >= 0.3 is 5.97 Å². The molecular weight excluding hydrogens is 232 g/mol. The summed E-state index contributed by atoms with van der Waals surface area (Å²) >= 11 is 0. The first-order valence-electron chi connectivity index (χ1n) is 5.03. The Morgan fingerprint density at radius 1 is 1.50 bits per heavy atom. The highest BCUT2D eigenvalue weighted by Gasteiger charge is 2.43. The fourth-order valence-corrected chi connectivity index (χ4v) is 1.85. The summed E-state index contributed by atoms with van der Waals surface area (Å²) in [7, 11) is 1.36. The first kappa shape index (κ1) is 15.2. The molecule has 16 heavy (non-hydrogen) atoms. The standard InChI is InChI=1S/C10H18N2O3.ClH/c1-7(11)8(13)12-5-4-10(2,6-12)9(14)15-3;/h7H,4-6,11H2,1-3H3;1H. The molecule has 5 nitrogen and oxygen atoms in total. The molecule has 1 heterocycles. The molecule has 0 aromatic rings. The number of carbonyl (C=O) groups excluding carboxylic acids is 2. The van der Waals surface area contributed by atoms with Crippen molar-refractivity contribution in [3.8, 4) is 0 Å². The van der Waals surface area contributed by atoms with Crippen molar-refractivity contribution in [2.75, 3.05) is 20.2 Å². The largest absolute Gasteiger partial charge is 0.469 e. The number of halogens is 1. The number of carbonyl (C=O) groups is 2. The lowest BCUT2D eigenvalue weighted by molar-refractivity contribution is -0.151. The van der Waals surface area contributed by atoms with Crippen molar-refractivity contribution in [1.29, 1.82) is 0 Å². The molecule has 1 aliphatic rings. The minimum Gasteiger partial charge on any atom is -0.469 e. The Morgan fingerprint density at radius 3 is 2.50 bits per heavy atom. The first-order valence-corrected chi connectivity index (χ1v) is 5.03. The van der Waals surface area contributed by atoms with Crippen LogP contribution in [0, 0.1) is 5.41 Å². The molecule has 0 aromatic carbocycles. The van der Waals surface area contributed by atoms with Crippen molar-refractivity contribution in [2.45, 2.75) is 26.3 Å². The number of rotatable bonds is 2. The van der Waals surface area contributed by atoms with Crippen LogP contribution in [0.15, 0.2) is 0 Å². The van der Waals surface area contributed by atoms with Gasteiger partial charge < -0.3 is 15.4 Å². The zero-order valence-corrected chi connectivity index (χ0v) is 10.7. The molecule has 1 aliphatic heterocycles. The van der Waals surface area contributed by atoms with Gasteiger partial charge in [-0.3, -0.25) is 9.59 Å². The van der Waals surface area contributed by atoms with Crippen LogP contribution in [0.3, 0.4) is 0 Å². The van der Waals surface area contributed by atoms with Crippen LogP contribution in [0.4, 0.5) is 0 Å². The molecule has 0 bridgehead atoms. The molecule has 94 valence electrons. The van der Waals surface area contributed by atoms with E-state index >= 15 is 0 Å². The Kier molecular flexibility index (Phi) is 5.22. The van der Waals surface area contributed by atoms with Gasteiger partial charge in [-0.1, -0.05) is 0 Å². The summed E-state index contributed by atoms with van der Waals surface area (Å²) in [6.45, 7) is 4.44. The van der Waals surface area contributed by atoms with Crippen LogP contribution in [0.2, 0.25) is 0 Å². The monoisotopic (exact) mass is 250 g/mol. The maximum absolute atomic E-state index is 11.6. The van der Waals surface area contributed by atoms with Gasteiger partial charge in [0.15, 0.2) is 0 Å². The molecule has 2 atom stereocenters. The molecule has 0 saturated carbocycles. The van der Waals surface area contributed by atoms with Crippen LogP contribution < -0.4 is 5.73 Å². The highest BCUT2D eigenvalue weighted by atomic mass is 35.5. The summed E-state index contributed by atoms with van der Waals surface area (Å²) < 4.78 is 4.72. The molecule has 0 aliphatic carbocycles. The van der Waals surface area contributed by atoms with Gasteiger partial charge in [-0.05, 0) is 20.3 Å². The van der Waals surface area contributed by atoms with Gasteiger partial charge in [-0.2, -0.15) is 0 Å². The molecule has 2 unspecified atom stereocenters. The number of likely N-dealkylation sites (tertiary alicyclic amines) is 1. The second-order valence-electron chi connectivity index (χ2n) is 4.35. The van der Waals surface area contributed by atoms with Crippen molar-refractivity contribution < 1.29 is 14.3 Å². The maximum atomic E-state index is 11.6. The molecule has 1 rings (SSSR count). The average molecular weight is 251 g/mol. The number of esters is 1. The minimum atomic E-state index is -0.570. The lowest BCUT2D eigenvalue weighted by Crippen LogP contribution is -2.42. The van der Waals surface area contributed by atoms with E-state index in [9.17, 15) is 9.59 Å². The van der Waals surface area contributed by atoms with Gasteiger partial charge in [0, 0.05) is 13.1 Å². The quantitative estimate of drug-likeness (QED) is 0.709. The fraction of sp³-hybridized carbons (Fsp3) is 0.800. The lowest BCUT2D eigenvalue weighted by atomic mass is 9.90. The number of hydrogen-bond acceptors (Lipinski definition) is 4. The van der Waals surface area contributed by atoms with Gasteiger partial charge in [0.05, 0.1) is 18.6 Å². The van der Waals surface area contributed by atoms with Gasteiger partial charge in [0.1, 0.15) is 0 Å². The molecule has 1 saturated heterocycles. The van der Waals surface area contributed by atoms with E-state index < -0.39 is 11.5 Å². The molecule has 2 N–H and O–H groups in total. The van der Waals surface area contributed by atoms with E-state index in [-0.39, 0.29) is 24.3 Å². The van der Waals surface area contributed by atoms with Gasteiger partial charge in [0.25, 0.3) is 0 Å². The van der Waals surface area contributed by atoms with Gasteiger partial charge in [-0.15, -0.1) is 12.4 Å². The zero-order valence-electron chi connectivity index (χ0n) is 9.86. The van der Waals surface area contributed by atoms with Crippen molar-refractivity contribution >= 4 is 24.3 Å². The smallest absolute Gasteiger partial charge is 0.313 e. The van der Waals surface area contributed by atoms with Crippen LogP contribution in [0.1, 0.15) is 20.3 Å². The second-order valence-corrected chi connectivity index (χ2v) is 4.35. The number of nitrogens with two attached hydrogens (primary N) is 1. The summed E-state index contributed by atoms with van der Waals surface area (Å²) in [6.07, 6.45) is 0.637. The highest BCUT2D eigenvalue weighted by molar-refractivity contribution is 5.85. The predicted molar refractivity (Wildman–Crippen MR) is 62.2 cm³/mol. The molecule has 0 radical (unpaired) electrons. The number of ether oxygens (including phenoxy) is 1. The van der Waals surface area contributed by atoms with E-state index in [1.807, 2.05) is 6.92 Å². The second kappa shape index (κ2) is 5.50. The van der Waals surface area contributed by atoms with Gasteiger partial charge in [0.2, 0.25) is 5.91 Å². The lowest BCUT2D eigenvalue weighted by Gasteiger charge is -2.22. The molecule has 1 fully saturated rings. The Morgan fingerprint density at radius 2 is 2.06 bits per heavy atom. The normalized spacial score (nSPS) is 25.9. The van der Waals surface area contributed by atoms with Crippen LogP contribution in [0.25, 0.3) is 0 Å². The number of amides is 1. The summed E-state index contributed by atoms with van der Waals surface area (Å²) in [4.78, 5) is 24.7. The van der Waals surface area contributed by atoms with E-state index in [0.29, 0.717) is 19.5 Å². The van der Waals surface area contributed by atoms with Crippen molar-refractivity contribution in [1.82, 2.24) is 4.90 Å². The first-order chi connectivity index (χ1) is 6.90. The molecule has 1 amide bonds. The summed E-state index contributed by atoms with van der Waals surface area (Å²) in [6, 6.07) is -0.509. The third kappa shape index (κ3) is 2.86. The van der Waals surface area contributed by atoms with Crippen LogP contribution in [-0.4, -0.2) is 43.0 Å². The predicted octanol–water partition coefficient (Wildman–Crippen LogP) is 0.167. The van der Waals surface area contributed by atoms with E-state index in [1.165, 1.54) is 7.11 Å². The molecular formula is C10H19ClN2O3. The van der Waals surface area contributed by atoms with E-state index in [0.717, 1.165) is 0 Å². The SMILES string of the molecule is COC(=O)C1(C)CCN(C(=O)C(C)N)C1.Cl. The van der Waals surface area contributed by atoms with Crippen molar-refractivity contribution in [3.63, 3.8) is 0 Å². The number of hydrogen-bond donors (Lipinski definition) is 1. The van der Waals surface area contributed by atoms with Crippen LogP contribution in [-0.2, 0) is 14.3 Å². The number of nitrogens with zero attached hydrogens (tertiary/aromatic N) is 1. The third-order valence-corrected chi connectivity index (χ3v) is 2.85. The van der Waals surface area contributed by atoms with E-state index in [2.05, 4.69) is 0 Å². The zero-order chi connectivity index (χ0) is 11.6. The summed E-state index contributed by atoms with van der Waals surface area (Å²) in [5, 5.41) is 0. The fourth-order valence-electron chi connectivity index (χ4n) is 1.85.